The Labute approximate surface area is 130 Å². The Morgan fingerprint density at radius 2 is 2.14 bits per heavy atom. The van der Waals surface area contributed by atoms with Crippen LogP contribution in [0.2, 0.25) is 0 Å². The normalized spacial score (nSPS) is 27.0. The quantitative estimate of drug-likeness (QED) is 0.874. The van der Waals surface area contributed by atoms with Gasteiger partial charge >= 0.3 is 5.97 Å². The molecule has 5 nitrogen and oxygen atoms in total. The van der Waals surface area contributed by atoms with Gasteiger partial charge in [-0.05, 0) is 31.0 Å². The SMILES string of the molecule is O=C(N[C@H]1CCC[C@H]1C(=O)O)C1COc2ccc(Br)cc21. The van der Waals surface area contributed by atoms with Crippen molar-refractivity contribution >= 4 is 27.8 Å². The average Bonchev–Trinajstić information content (AvgIpc) is 3.04. The maximum absolute atomic E-state index is 12.4. The molecule has 0 saturated heterocycles. The van der Waals surface area contributed by atoms with Crippen LogP contribution >= 0.6 is 15.9 Å². The highest BCUT2D eigenvalue weighted by Crippen LogP contribution is 2.36. The van der Waals surface area contributed by atoms with E-state index in [0.29, 0.717) is 13.0 Å². The number of benzene rings is 1. The van der Waals surface area contributed by atoms with Crippen LogP contribution in [0.1, 0.15) is 30.7 Å². The summed E-state index contributed by atoms with van der Waals surface area (Å²) in [5.41, 5.74) is 0.853. The smallest absolute Gasteiger partial charge is 0.308 e. The van der Waals surface area contributed by atoms with E-state index in [-0.39, 0.29) is 17.9 Å². The fourth-order valence-corrected chi connectivity index (χ4v) is 3.49. The largest absolute Gasteiger partial charge is 0.492 e. The predicted molar refractivity (Wildman–Crippen MR) is 79.3 cm³/mol. The molecule has 1 fully saturated rings. The molecule has 1 aromatic rings. The molecule has 2 N–H and O–H groups in total. The third-order valence-electron chi connectivity index (χ3n) is 4.23. The van der Waals surface area contributed by atoms with E-state index in [9.17, 15) is 14.7 Å². The summed E-state index contributed by atoms with van der Waals surface area (Å²) >= 11 is 3.39. The molecule has 1 aromatic carbocycles. The molecule has 0 bridgehead atoms. The van der Waals surface area contributed by atoms with Crippen molar-refractivity contribution in [3.05, 3.63) is 28.2 Å². The highest BCUT2D eigenvalue weighted by molar-refractivity contribution is 9.10. The molecule has 2 aliphatic rings. The van der Waals surface area contributed by atoms with E-state index >= 15 is 0 Å². The number of halogens is 1. The third kappa shape index (κ3) is 2.77. The number of ether oxygens (including phenoxy) is 1. The molecule has 1 saturated carbocycles. The topological polar surface area (TPSA) is 75.6 Å². The zero-order valence-electron chi connectivity index (χ0n) is 11.3. The minimum Gasteiger partial charge on any atom is -0.492 e. The highest BCUT2D eigenvalue weighted by Gasteiger charge is 2.37. The molecule has 1 unspecified atom stereocenters. The number of fused-ring (bicyclic) bond motifs is 1. The van der Waals surface area contributed by atoms with Crippen LogP contribution in [0.5, 0.6) is 5.75 Å². The average molecular weight is 354 g/mol. The lowest BCUT2D eigenvalue weighted by atomic mass is 9.98. The minimum atomic E-state index is -0.830. The second-order valence-corrected chi connectivity index (χ2v) is 6.45. The molecule has 3 rings (SSSR count). The van der Waals surface area contributed by atoms with Crippen molar-refractivity contribution in [2.45, 2.75) is 31.2 Å². The van der Waals surface area contributed by atoms with Crippen molar-refractivity contribution in [1.82, 2.24) is 5.32 Å². The lowest BCUT2D eigenvalue weighted by molar-refractivity contribution is -0.142. The monoisotopic (exact) mass is 353 g/mol. The van der Waals surface area contributed by atoms with Crippen LogP contribution < -0.4 is 10.1 Å². The van der Waals surface area contributed by atoms with Crippen LogP contribution in [0.25, 0.3) is 0 Å². The number of carboxylic acids is 1. The van der Waals surface area contributed by atoms with Crippen molar-refractivity contribution in [1.29, 1.82) is 0 Å². The summed E-state index contributed by atoms with van der Waals surface area (Å²) in [6.07, 6.45) is 2.19. The first-order valence-electron chi connectivity index (χ1n) is 7.01. The summed E-state index contributed by atoms with van der Waals surface area (Å²) < 4.78 is 6.43. The fourth-order valence-electron chi connectivity index (χ4n) is 3.11. The van der Waals surface area contributed by atoms with Gasteiger partial charge in [-0.1, -0.05) is 22.4 Å². The van der Waals surface area contributed by atoms with Gasteiger partial charge in [-0.2, -0.15) is 0 Å². The van der Waals surface area contributed by atoms with Crippen molar-refractivity contribution in [3.63, 3.8) is 0 Å². The molecular formula is C15H16BrNO4. The molecule has 0 aromatic heterocycles. The second-order valence-electron chi connectivity index (χ2n) is 5.54. The molecule has 1 aliphatic carbocycles. The number of carbonyl (C=O) groups is 2. The Balaban J connectivity index is 1.73. The van der Waals surface area contributed by atoms with Gasteiger partial charge < -0.3 is 15.2 Å². The van der Waals surface area contributed by atoms with Crippen LogP contribution in [0.3, 0.4) is 0 Å². The van der Waals surface area contributed by atoms with Gasteiger partial charge in [0.1, 0.15) is 18.3 Å². The highest BCUT2D eigenvalue weighted by atomic mass is 79.9. The van der Waals surface area contributed by atoms with Gasteiger partial charge in [0.15, 0.2) is 0 Å². The fraction of sp³-hybridized carbons (Fsp3) is 0.467. The number of carboxylic acid groups (broad SMARTS) is 1. The molecule has 21 heavy (non-hydrogen) atoms. The molecule has 6 heteroatoms. The van der Waals surface area contributed by atoms with Gasteiger partial charge in [-0.3, -0.25) is 9.59 Å². The van der Waals surface area contributed by atoms with Crippen molar-refractivity contribution in [2.75, 3.05) is 6.61 Å². The van der Waals surface area contributed by atoms with Crippen molar-refractivity contribution in [2.24, 2.45) is 5.92 Å². The van der Waals surface area contributed by atoms with Crippen molar-refractivity contribution in [3.8, 4) is 5.75 Å². The molecule has 0 radical (unpaired) electrons. The van der Waals surface area contributed by atoms with Crippen LogP contribution in [0, 0.1) is 5.92 Å². The standard InChI is InChI=1S/C15H16BrNO4/c16-8-4-5-13-10(6-8)11(7-21-13)14(18)17-12-3-1-2-9(12)15(19)20/h4-6,9,11-12H,1-3,7H2,(H,17,18)(H,19,20)/t9-,11?,12+/m1/s1. The maximum atomic E-state index is 12.4. The maximum Gasteiger partial charge on any atom is 0.308 e. The Hall–Kier alpha value is -1.56. The van der Waals surface area contributed by atoms with Crippen LogP contribution in [-0.2, 0) is 9.59 Å². The summed E-state index contributed by atoms with van der Waals surface area (Å²) in [6, 6.07) is 5.32. The molecule has 112 valence electrons. The molecule has 0 spiro atoms. The zero-order chi connectivity index (χ0) is 15.0. The minimum absolute atomic E-state index is 0.148. The second kappa shape index (κ2) is 5.67. The number of hydrogen-bond donors (Lipinski definition) is 2. The molecule has 1 amide bonds. The molecule has 1 aliphatic heterocycles. The van der Waals surface area contributed by atoms with E-state index in [1.54, 1.807) is 0 Å². The van der Waals surface area contributed by atoms with Gasteiger partial charge in [-0.15, -0.1) is 0 Å². The Bertz CT molecular complexity index is 589. The first-order chi connectivity index (χ1) is 10.1. The molecule has 3 atom stereocenters. The van der Waals surface area contributed by atoms with E-state index in [0.717, 1.165) is 28.6 Å². The van der Waals surface area contributed by atoms with E-state index in [1.165, 1.54) is 0 Å². The summed E-state index contributed by atoms with van der Waals surface area (Å²) in [5, 5.41) is 12.1. The number of rotatable bonds is 3. The molecule has 1 heterocycles. The zero-order valence-corrected chi connectivity index (χ0v) is 12.9. The summed E-state index contributed by atoms with van der Waals surface area (Å²) in [7, 11) is 0. The van der Waals surface area contributed by atoms with Crippen LogP contribution in [-0.4, -0.2) is 29.6 Å². The number of carbonyl (C=O) groups excluding carboxylic acids is 1. The Morgan fingerprint density at radius 1 is 1.33 bits per heavy atom. The van der Waals surface area contributed by atoms with Gasteiger partial charge in [0, 0.05) is 16.1 Å². The first-order valence-corrected chi connectivity index (χ1v) is 7.81. The summed E-state index contributed by atoms with van der Waals surface area (Å²) in [6.45, 7) is 0.308. The lowest BCUT2D eigenvalue weighted by Crippen LogP contribution is -2.42. The van der Waals surface area contributed by atoms with Gasteiger partial charge in [0.25, 0.3) is 0 Å². The summed E-state index contributed by atoms with van der Waals surface area (Å²) in [4.78, 5) is 23.6. The lowest BCUT2D eigenvalue weighted by Gasteiger charge is -2.19. The Morgan fingerprint density at radius 3 is 2.90 bits per heavy atom. The van der Waals surface area contributed by atoms with Crippen LogP contribution in [0.4, 0.5) is 0 Å². The van der Waals surface area contributed by atoms with E-state index in [1.807, 2.05) is 18.2 Å². The van der Waals surface area contributed by atoms with Crippen LogP contribution in [0.15, 0.2) is 22.7 Å². The molecular weight excluding hydrogens is 338 g/mol. The van der Waals surface area contributed by atoms with E-state index in [4.69, 9.17) is 4.74 Å². The predicted octanol–water partition coefficient (Wildman–Crippen LogP) is 2.29. The van der Waals surface area contributed by atoms with E-state index in [2.05, 4.69) is 21.2 Å². The number of hydrogen-bond acceptors (Lipinski definition) is 3. The summed E-state index contributed by atoms with van der Waals surface area (Å²) in [5.74, 6) is -1.10. The van der Waals surface area contributed by atoms with Gasteiger partial charge in [0.05, 0.1) is 5.92 Å². The number of aliphatic carboxylic acids is 1. The Kier molecular flexibility index (Phi) is 3.89. The number of amides is 1. The third-order valence-corrected chi connectivity index (χ3v) is 4.72. The number of nitrogens with one attached hydrogen (secondary N) is 1. The van der Waals surface area contributed by atoms with E-state index < -0.39 is 11.9 Å². The van der Waals surface area contributed by atoms with Crippen molar-refractivity contribution < 1.29 is 19.4 Å². The van der Waals surface area contributed by atoms with Gasteiger partial charge in [0.2, 0.25) is 5.91 Å². The van der Waals surface area contributed by atoms with Gasteiger partial charge in [-0.25, -0.2) is 0 Å². The first kappa shape index (κ1) is 14.4.